The molecular weight excluding hydrogens is 327 g/mol. The summed E-state index contributed by atoms with van der Waals surface area (Å²) in [5.74, 6) is -0.194. The second-order valence-corrected chi connectivity index (χ2v) is 6.23. The van der Waals surface area contributed by atoms with Crippen molar-refractivity contribution >= 4 is 27.5 Å². The summed E-state index contributed by atoms with van der Waals surface area (Å²) in [6.45, 7) is 5.87. The van der Waals surface area contributed by atoms with E-state index in [9.17, 15) is 4.39 Å². The molecule has 0 fully saturated rings. The third-order valence-corrected chi connectivity index (χ3v) is 4.37. The first-order valence-electron chi connectivity index (χ1n) is 6.06. The maximum absolute atomic E-state index is 13.4. The van der Waals surface area contributed by atoms with Crippen LogP contribution < -0.4 is 0 Å². The van der Waals surface area contributed by atoms with Crippen molar-refractivity contribution in [1.82, 2.24) is 0 Å². The van der Waals surface area contributed by atoms with Crippen LogP contribution in [0, 0.1) is 26.6 Å². The van der Waals surface area contributed by atoms with Gasteiger partial charge in [-0.15, -0.1) is 0 Å². The number of aryl methyl sites for hydroxylation is 3. The van der Waals surface area contributed by atoms with Crippen LogP contribution in [-0.4, -0.2) is 0 Å². The van der Waals surface area contributed by atoms with Gasteiger partial charge in [-0.1, -0.05) is 33.6 Å². The van der Waals surface area contributed by atoms with Gasteiger partial charge in [0.25, 0.3) is 0 Å². The fourth-order valence-electron chi connectivity index (χ4n) is 2.40. The summed E-state index contributed by atoms with van der Waals surface area (Å²) in [7, 11) is 0. The molecule has 0 bridgehead atoms. The average Bonchev–Trinajstić information content (AvgIpc) is 2.25. The van der Waals surface area contributed by atoms with Gasteiger partial charge in [-0.2, -0.15) is 0 Å². The molecule has 3 heteroatoms. The highest BCUT2D eigenvalue weighted by Crippen LogP contribution is 2.36. The molecule has 0 N–H and O–H groups in total. The van der Waals surface area contributed by atoms with Crippen molar-refractivity contribution in [2.75, 3.05) is 0 Å². The third kappa shape index (κ3) is 3.18. The smallest absolute Gasteiger partial charge is 0.123 e. The molecule has 1 atom stereocenters. The molecule has 19 heavy (non-hydrogen) atoms. The molecule has 100 valence electrons. The highest BCUT2D eigenvalue weighted by molar-refractivity contribution is 9.09. The van der Waals surface area contributed by atoms with E-state index in [2.05, 4.69) is 22.0 Å². The van der Waals surface area contributed by atoms with Crippen molar-refractivity contribution in [3.05, 3.63) is 69.0 Å². The molecule has 0 aliphatic carbocycles. The van der Waals surface area contributed by atoms with Gasteiger partial charge in [-0.25, -0.2) is 4.39 Å². The first-order valence-corrected chi connectivity index (χ1v) is 7.35. The van der Waals surface area contributed by atoms with E-state index in [0.717, 1.165) is 32.8 Å². The maximum Gasteiger partial charge on any atom is 0.123 e. The van der Waals surface area contributed by atoms with Crippen LogP contribution in [0.4, 0.5) is 4.39 Å². The monoisotopic (exact) mass is 340 g/mol. The molecule has 2 aromatic rings. The van der Waals surface area contributed by atoms with Gasteiger partial charge < -0.3 is 0 Å². The standard InChI is InChI=1S/C16H15BrClF/c1-9-4-12(8-13(18)5-9)16(17)15-10(2)6-14(19)7-11(15)3/h4-8,16H,1-3H3. The molecular formula is C16H15BrClF. The lowest BCUT2D eigenvalue weighted by molar-refractivity contribution is 0.624. The Morgan fingerprint density at radius 3 is 2.11 bits per heavy atom. The summed E-state index contributed by atoms with van der Waals surface area (Å²) in [5.41, 5.74) is 5.18. The minimum Gasteiger partial charge on any atom is -0.207 e. The van der Waals surface area contributed by atoms with Crippen molar-refractivity contribution in [2.45, 2.75) is 25.6 Å². The SMILES string of the molecule is Cc1cc(Cl)cc(C(Br)c2c(C)cc(F)cc2C)c1. The van der Waals surface area contributed by atoms with Crippen LogP contribution >= 0.6 is 27.5 Å². The average molecular weight is 342 g/mol. The van der Waals surface area contributed by atoms with Crippen molar-refractivity contribution in [2.24, 2.45) is 0 Å². The molecule has 1 unspecified atom stereocenters. The van der Waals surface area contributed by atoms with E-state index in [1.165, 1.54) is 0 Å². The van der Waals surface area contributed by atoms with E-state index in [0.29, 0.717) is 0 Å². The lowest BCUT2D eigenvalue weighted by atomic mass is 9.95. The molecule has 0 radical (unpaired) electrons. The van der Waals surface area contributed by atoms with Gasteiger partial charge in [-0.05, 0) is 72.9 Å². The highest BCUT2D eigenvalue weighted by Gasteiger charge is 2.17. The third-order valence-electron chi connectivity index (χ3n) is 3.17. The Bertz CT molecular complexity index is 579. The van der Waals surface area contributed by atoms with Gasteiger partial charge in [0.2, 0.25) is 0 Å². The number of benzene rings is 2. The molecule has 0 saturated heterocycles. The van der Waals surface area contributed by atoms with Crippen molar-refractivity contribution in [1.29, 1.82) is 0 Å². The lowest BCUT2D eigenvalue weighted by Gasteiger charge is -2.17. The molecule has 0 saturated carbocycles. The zero-order valence-corrected chi connectivity index (χ0v) is 13.4. The van der Waals surface area contributed by atoms with Crippen molar-refractivity contribution < 1.29 is 4.39 Å². The Morgan fingerprint density at radius 1 is 1.00 bits per heavy atom. The summed E-state index contributed by atoms with van der Waals surface area (Å²) < 4.78 is 13.4. The predicted molar refractivity (Wildman–Crippen MR) is 82.8 cm³/mol. The Labute approximate surface area is 126 Å². The molecule has 2 aromatic carbocycles. The Morgan fingerprint density at radius 2 is 1.58 bits per heavy atom. The zero-order valence-electron chi connectivity index (χ0n) is 11.1. The van der Waals surface area contributed by atoms with Gasteiger partial charge in [-0.3, -0.25) is 0 Å². The Hall–Kier alpha value is -0.860. The number of hydrogen-bond acceptors (Lipinski definition) is 0. The second kappa shape index (κ2) is 5.64. The van der Waals surface area contributed by atoms with Gasteiger partial charge >= 0.3 is 0 Å². The molecule has 0 nitrogen and oxygen atoms in total. The molecule has 2 rings (SSSR count). The number of hydrogen-bond donors (Lipinski definition) is 0. The van der Waals surface area contributed by atoms with Gasteiger partial charge in [0.15, 0.2) is 0 Å². The van der Waals surface area contributed by atoms with E-state index in [1.807, 2.05) is 32.9 Å². The van der Waals surface area contributed by atoms with Crippen LogP contribution in [0.25, 0.3) is 0 Å². The number of alkyl halides is 1. The topological polar surface area (TPSA) is 0 Å². The molecule has 0 heterocycles. The van der Waals surface area contributed by atoms with Crippen molar-refractivity contribution in [3.8, 4) is 0 Å². The first-order chi connectivity index (χ1) is 8.88. The summed E-state index contributed by atoms with van der Waals surface area (Å²) in [6, 6.07) is 9.08. The van der Waals surface area contributed by atoms with Crippen LogP contribution in [0.15, 0.2) is 30.3 Å². The normalized spacial score (nSPS) is 12.5. The van der Waals surface area contributed by atoms with Crippen LogP contribution in [0.5, 0.6) is 0 Å². The minimum absolute atomic E-state index is 0.0190. The molecule has 0 aromatic heterocycles. The largest absolute Gasteiger partial charge is 0.207 e. The summed E-state index contributed by atoms with van der Waals surface area (Å²) in [6.07, 6.45) is 0. The fraction of sp³-hybridized carbons (Fsp3) is 0.250. The van der Waals surface area contributed by atoms with Gasteiger partial charge in [0.05, 0.1) is 4.83 Å². The van der Waals surface area contributed by atoms with E-state index in [-0.39, 0.29) is 10.6 Å². The lowest BCUT2D eigenvalue weighted by Crippen LogP contribution is -2.00. The molecule has 0 spiro atoms. The first kappa shape index (κ1) is 14.5. The van der Waals surface area contributed by atoms with E-state index >= 15 is 0 Å². The summed E-state index contributed by atoms with van der Waals surface area (Å²) >= 11 is 9.81. The van der Waals surface area contributed by atoms with Gasteiger partial charge in [0, 0.05) is 5.02 Å². The van der Waals surface area contributed by atoms with Crippen molar-refractivity contribution in [3.63, 3.8) is 0 Å². The van der Waals surface area contributed by atoms with Gasteiger partial charge in [0.1, 0.15) is 5.82 Å². The fourth-order valence-corrected chi connectivity index (χ4v) is 3.68. The maximum atomic E-state index is 13.4. The Kier molecular flexibility index (Phi) is 4.32. The van der Waals surface area contributed by atoms with E-state index < -0.39 is 0 Å². The molecule has 0 aliphatic rings. The number of rotatable bonds is 2. The van der Waals surface area contributed by atoms with Crippen LogP contribution in [0.1, 0.15) is 32.6 Å². The highest BCUT2D eigenvalue weighted by atomic mass is 79.9. The summed E-state index contributed by atoms with van der Waals surface area (Å²) in [5, 5.41) is 0.719. The quantitative estimate of drug-likeness (QED) is 0.598. The van der Waals surface area contributed by atoms with E-state index in [1.54, 1.807) is 12.1 Å². The minimum atomic E-state index is -0.194. The van der Waals surface area contributed by atoms with Crippen LogP contribution in [0.2, 0.25) is 5.02 Å². The van der Waals surface area contributed by atoms with Crippen LogP contribution in [-0.2, 0) is 0 Å². The van der Waals surface area contributed by atoms with E-state index in [4.69, 9.17) is 11.6 Å². The van der Waals surface area contributed by atoms with Crippen LogP contribution in [0.3, 0.4) is 0 Å². The molecule has 0 amide bonds. The second-order valence-electron chi connectivity index (χ2n) is 4.88. The zero-order chi connectivity index (χ0) is 14.2. The number of halogens is 3. The predicted octanol–water partition coefficient (Wildman–Crippen LogP) is 5.89. The molecule has 0 aliphatic heterocycles. The Balaban J connectivity index is 2.52. The summed E-state index contributed by atoms with van der Waals surface area (Å²) in [4.78, 5) is 0.0190.